The van der Waals surface area contributed by atoms with Gasteiger partial charge in [-0.2, -0.15) is 0 Å². The predicted molar refractivity (Wildman–Crippen MR) is 72.1 cm³/mol. The van der Waals surface area contributed by atoms with Crippen LogP contribution in [0.1, 0.15) is 6.92 Å². The molecule has 9 heteroatoms. The fraction of sp³-hybridized carbons (Fsp3) is 0.625. The summed E-state index contributed by atoms with van der Waals surface area (Å²) in [6.07, 6.45) is 0. The van der Waals surface area contributed by atoms with Gasteiger partial charge in [0.2, 0.25) is 11.0 Å². The van der Waals surface area contributed by atoms with Gasteiger partial charge in [0, 0.05) is 18.4 Å². The number of carboxylic acid groups (broad SMARTS) is 1. The molecule has 0 aromatic heterocycles. The average Bonchev–Trinajstić information content (AvgIpc) is 2.21. The lowest BCUT2D eigenvalue weighted by molar-refractivity contribution is -0.140. The molecular formula is C8H14N2O4S3. The smallest absolute Gasteiger partial charge is 0.327 e. The van der Waals surface area contributed by atoms with E-state index in [4.69, 9.17) is 10.8 Å². The van der Waals surface area contributed by atoms with Crippen LogP contribution in [-0.2, 0) is 14.4 Å². The van der Waals surface area contributed by atoms with Gasteiger partial charge in [-0.05, 0) is 0 Å². The Hall–Kier alpha value is -0.380. The molecule has 0 spiro atoms. The number of thiol groups is 1. The Bertz CT molecular complexity index is 300. The van der Waals surface area contributed by atoms with Gasteiger partial charge >= 0.3 is 5.97 Å². The molecule has 0 unspecified atom stereocenters. The number of rotatable bonds is 8. The van der Waals surface area contributed by atoms with Gasteiger partial charge in [0.05, 0.1) is 6.04 Å². The van der Waals surface area contributed by atoms with Crippen LogP contribution in [0.5, 0.6) is 0 Å². The molecule has 0 aliphatic heterocycles. The highest BCUT2D eigenvalue weighted by molar-refractivity contribution is 8.76. The molecule has 0 aromatic rings. The number of carbonyl (C=O) groups excluding carboxylic acids is 2. The maximum Gasteiger partial charge on any atom is 0.327 e. The van der Waals surface area contributed by atoms with Crippen LogP contribution < -0.4 is 11.1 Å². The molecule has 6 nitrogen and oxygen atoms in total. The van der Waals surface area contributed by atoms with E-state index in [9.17, 15) is 14.4 Å². The third kappa shape index (κ3) is 8.36. The number of hydrogen-bond acceptors (Lipinski definition) is 6. The van der Waals surface area contributed by atoms with Crippen LogP contribution >= 0.6 is 34.2 Å². The Balaban J connectivity index is 3.87. The van der Waals surface area contributed by atoms with E-state index >= 15 is 0 Å². The minimum absolute atomic E-state index is 0.201. The second-order valence-corrected chi connectivity index (χ2v) is 6.10. The van der Waals surface area contributed by atoms with Crippen LogP contribution in [0.25, 0.3) is 0 Å². The molecule has 0 fully saturated rings. The molecule has 0 saturated heterocycles. The lowest BCUT2D eigenvalue weighted by Gasteiger charge is -2.12. The maximum atomic E-state index is 10.7. The molecule has 17 heavy (non-hydrogen) atoms. The topological polar surface area (TPSA) is 109 Å². The first kappa shape index (κ1) is 16.6. The van der Waals surface area contributed by atoms with Gasteiger partial charge in [-0.3, -0.25) is 9.59 Å². The molecule has 0 radical (unpaired) electrons. The van der Waals surface area contributed by atoms with E-state index in [1.165, 1.54) is 28.5 Å². The predicted octanol–water partition coefficient (Wildman–Crippen LogP) is -0.259. The number of amides is 1. The van der Waals surface area contributed by atoms with Crippen molar-refractivity contribution in [2.45, 2.75) is 19.0 Å². The molecule has 0 aromatic carbocycles. The monoisotopic (exact) mass is 298 g/mol. The van der Waals surface area contributed by atoms with E-state index < -0.39 is 29.1 Å². The van der Waals surface area contributed by atoms with Crippen molar-refractivity contribution in [1.29, 1.82) is 0 Å². The highest BCUT2D eigenvalue weighted by Gasteiger charge is 2.18. The maximum absolute atomic E-state index is 10.7. The van der Waals surface area contributed by atoms with E-state index in [0.717, 1.165) is 0 Å². The van der Waals surface area contributed by atoms with Gasteiger partial charge in [0.25, 0.3) is 0 Å². The van der Waals surface area contributed by atoms with Crippen molar-refractivity contribution in [2.75, 3.05) is 11.5 Å². The SMILES string of the molecule is CC(=O)N[C@@H](CSSC[C@H](N)C(=O)S)C(=O)O. The molecule has 98 valence electrons. The minimum atomic E-state index is -1.09. The Kier molecular flexibility index (Phi) is 8.48. The summed E-state index contributed by atoms with van der Waals surface area (Å²) in [6.45, 7) is 1.25. The number of nitrogens with one attached hydrogen (secondary N) is 1. The molecule has 0 bridgehead atoms. The Labute approximate surface area is 112 Å². The second kappa shape index (κ2) is 8.67. The van der Waals surface area contributed by atoms with Gasteiger partial charge in [0.1, 0.15) is 6.04 Å². The third-order valence-corrected chi connectivity index (χ3v) is 4.34. The van der Waals surface area contributed by atoms with Crippen LogP contribution in [0.4, 0.5) is 0 Å². The van der Waals surface area contributed by atoms with Crippen molar-refractivity contribution in [1.82, 2.24) is 5.32 Å². The number of nitrogens with two attached hydrogens (primary N) is 1. The third-order valence-electron chi connectivity index (χ3n) is 1.56. The van der Waals surface area contributed by atoms with Crippen molar-refractivity contribution in [3.05, 3.63) is 0 Å². The average molecular weight is 298 g/mol. The van der Waals surface area contributed by atoms with E-state index in [1.807, 2.05) is 0 Å². The van der Waals surface area contributed by atoms with Crippen LogP contribution in [0.3, 0.4) is 0 Å². The van der Waals surface area contributed by atoms with Crippen molar-refractivity contribution >= 4 is 51.2 Å². The van der Waals surface area contributed by atoms with Gasteiger partial charge in [-0.1, -0.05) is 21.6 Å². The summed E-state index contributed by atoms with van der Waals surface area (Å²) in [5.74, 6) is -0.944. The summed E-state index contributed by atoms with van der Waals surface area (Å²) >= 11 is 3.58. The fourth-order valence-corrected chi connectivity index (χ4v) is 3.22. The summed E-state index contributed by atoms with van der Waals surface area (Å²) in [5, 5.41) is 10.7. The van der Waals surface area contributed by atoms with Crippen LogP contribution in [0.15, 0.2) is 0 Å². The van der Waals surface area contributed by atoms with E-state index in [-0.39, 0.29) is 5.75 Å². The number of aliphatic carboxylic acids is 1. The number of carboxylic acids is 1. The van der Waals surface area contributed by atoms with Crippen LogP contribution in [0.2, 0.25) is 0 Å². The quantitative estimate of drug-likeness (QED) is 0.278. The van der Waals surface area contributed by atoms with Crippen molar-refractivity contribution in [3.63, 3.8) is 0 Å². The van der Waals surface area contributed by atoms with Crippen molar-refractivity contribution in [3.8, 4) is 0 Å². The summed E-state index contributed by atoms with van der Waals surface area (Å²) in [6, 6.07) is -1.60. The van der Waals surface area contributed by atoms with Gasteiger partial charge in [0.15, 0.2) is 0 Å². The molecule has 0 aliphatic rings. The normalized spacial score (nSPS) is 13.8. The first-order valence-corrected chi connectivity index (χ1v) is 7.50. The Morgan fingerprint density at radius 3 is 2.29 bits per heavy atom. The lowest BCUT2D eigenvalue weighted by atomic mass is 10.3. The molecule has 0 heterocycles. The molecule has 4 N–H and O–H groups in total. The second-order valence-electron chi connectivity index (χ2n) is 3.11. The first-order valence-electron chi connectivity index (χ1n) is 4.57. The standard InChI is InChI=1S/C8H14N2O4S3/c1-4(11)10-6(7(12)13)3-17-16-2-5(9)8(14)15/h5-6H,2-3,9H2,1H3,(H,10,11)(H,12,13)(H,14,15)/t5-,6-/m0/s1. The molecule has 0 rings (SSSR count). The van der Waals surface area contributed by atoms with Gasteiger partial charge < -0.3 is 16.2 Å². The zero-order valence-corrected chi connectivity index (χ0v) is 11.6. The minimum Gasteiger partial charge on any atom is -0.480 e. The van der Waals surface area contributed by atoms with E-state index in [2.05, 4.69) is 17.9 Å². The number of hydrogen-bond donors (Lipinski definition) is 4. The Morgan fingerprint density at radius 1 is 1.35 bits per heavy atom. The molecule has 1 amide bonds. The highest BCUT2D eigenvalue weighted by atomic mass is 33.1. The Morgan fingerprint density at radius 2 is 1.88 bits per heavy atom. The molecule has 0 saturated carbocycles. The van der Waals surface area contributed by atoms with Gasteiger partial charge in [-0.15, -0.1) is 12.6 Å². The summed E-state index contributed by atoms with van der Waals surface area (Å²) in [7, 11) is 2.50. The summed E-state index contributed by atoms with van der Waals surface area (Å²) < 4.78 is 0. The zero-order chi connectivity index (χ0) is 13.4. The van der Waals surface area contributed by atoms with Crippen molar-refractivity contribution in [2.24, 2.45) is 5.73 Å². The van der Waals surface area contributed by atoms with Crippen LogP contribution in [0, 0.1) is 0 Å². The van der Waals surface area contributed by atoms with Crippen LogP contribution in [-0.4, -0.2) is 45.7 Å². The van der Waals surface area contributed by atoms with Gasteiger partial charge in [-0.25, -0.2) is 4.79 Å². The van der Waals surface area contributed by atoms with E-state index in [0.29, 0.717) is 5.75 Å². The van der Waals surface area contributed by atoms with E-state index in [1.54, 1.807) is 0 Å². The zero-order valence-electron chi connectivity index (χ0n) is 9.08. The number of carbonyl (C=O) groups is 3. The van der Waals surface area contributed by atoms with Crippen molar-refractivity contribution < 1.29 is 19.5 Å². The molecule has 0 aliphatic carbocycles. The molecular weight excluding hydrogens is 284 g/mol. The summed E-state index contributed by atoms with van der Waals surface area (Å²) in [4.78, 5) is 32.2. The molecule has 2 atom stereocenters. The lowest BCUT2D eigenvalue weighted by Crippen LogP contribution is -2.41. The highest BCUT2D eigenvalue weighted by Crippen LogP contribution is 2.22. The summed E-state index contributed by atoms with van der Waals surface area (Å²) in [5.41, 5.74) is 5.43. The fourth-order valence-electron chi connectivity index (χ4n) is 0.729. The largest absolute Gasteiger partial charge is 0.480 e. The first-order chi connectivity index (χ1) is 7.84.